The smallest absolute Gasteiger partial charge is 0.136 e. The summed E-state index contributed by atoms with van der Waals surface area (Å²) in [6.07, 6.45) is 15.1. The summed E-state index contributed by atoms with van der Waals surface area (Å²) < 4.78 is 6.75. The summed E-state index contributed by atoms with van der Waals surface area (Å²) in [5.74, 6) is 2.07. The number of nitrogens with zero attached hydrogens (tertiary/aromatic N) is 2. The van der Waals surface area contributed by atoms with Crippen molar-refractivity contribution in [1.82, 2.24) is 0 Å². The fourth-order valence-electron chi connectivity index (χ4n) is 9.13. The van der Waals surface area contributed by atoms with Gasteiger partial charge in [-0.1, -0.05) is 122 Å². The van der Waals surface area contributed by atoms with Crippen molar-refractivity contribution in [2.75, 3.05) is 9.80 Å². The average molecular weight is 775 g/mol. The molecule has 0 saturated carbocycles. The molecule has 0 bridgehead atoms. The Kier molecular flexibility index (Phi) is 10.3. The zero-order valence-corrected chi connectivity index (χ0v) is 36.1. The fourth-order valence-corrected chi connectivity index (χ4v) is 9.13. The van der Waals surface area contributed by atoms with Crippen molar-refractivity contribution in [2.45, 2.75) is 92.5 Å². The molecular weight excluding hydrogens is 717 g/mol. The Labute approximate surface area is 351 Å². The van der Waals surface area contributed by atoms with E-state index in [1.165, 1.54) is 49.8 Å². The van der Waals surface area contributed by atoms with Crippen molar-refractivity contribution >= 4 is 66.2 Å². The highest BCUT2D eigenvalue weighted by Gasteiger charge is 2.25. The maximum absolute atomic E-state index is 6.75. The maximum atomic E-state index is 6.75. The van der Waals surface area contributed by atoms with Crippen LogP contribution in [0.2, 0.25) is 0 Å². The van der Waals surface area contributed by atoms with E-state index >= 15 is 0 Å². The van der Waals surface area contributed by atoms with Crippen LogP contribution in [0.3, 0.4) is 0 Å². The quantitative estimate of drug-likeness (QED) is 0.138. The normalized spacial score (nSPS) is 15.9. The summed E-state index contributed by atoms with van der Waals surface area (Å²) >= 11 is 0. The molecule has 1 aromatic heterocycles. The number of rotatable bonds is 10. The second-order valence-electron chi connectivity index (χ2n) is 18.1. The van der Waals surface area contributed by atoms with E-state index in [0.29, 0.717) is 23.7 Å². The fraction of sp³-hybridized carbons (Fsp3) is 0.286. The van der Waals surface area contributed by atoms with Crippen molar-refractivity contribution in [3.8, 4) is 0 Å². The standard InChI is InChI=1S/C56H58N2O/c1-35(2)39-9-19-47(20-10-39)57(48-21-11-40(12-22-48)36(3)4)51-27-17-43-31-53-54-32-44-18-28-52(30-46(44)34-56(54)59-55(53)33-45(43)29-51)58(49-23-13-41(14-24-49)37(5)6)50-25-15-42(16-26-50)38(7)8/h9-15,17-23,25,27-38,49H,16,24,26H2,1-8H3. The molecule has 2 aliphatic carbocycles. The van der Waals surface area contributed by atoms with Crippen molar-refractivity contribution in [1.29, 1.82) is 0 Å². The monoisotopic (exact) mass is 774 g/mol. The van der Waals surface area contributed by atoms with Gasteiger partial charge >= 0.3 is 0 Å². The second-order valence-corrected chi connectivity index (χ2v) is 18.1. The molecule has 3 heteroatoms. The van der Waals surface area contributed by atoms with Gasteiger partial charge in [0.2, 0.25) is 0 Å². The summed E-state index contributed by atoms with van der Waals surface area (Å²) in [6, 6.07) is 41.3. The number of fused-ring (bicyclic) bond motifs is 5. The summed E-state index contributed by atoms with van der Waals surface area (Å²) in [5, 5.41) is 7.08. The van der Waals surface area contributed by atoms with Crippen LogP contribution in [0.1, 0.15) is 97.6 Å². The topological polar surface area (TPSA) is 19.6 Å². The molecule has 7 aromatic rings. The molecule has 0 fully saturated rings. The summed E-state index contributed by atoms with van der Waals surface area (Å²) in [5.41, 5.74) is 13.5. The number of allylic oxidation sites excluding steroid dienone is 6. The molecule has 0 radical (unpaired) electrons. The predicted octanol–water partition coefficient (Wildman–Crippen LogP) is 16.6. The van der Waals surface area contributed by atoms with Gasteiger partial charge in [0.25, 0.3) is 0 Å². The van der Waals surface area contributed by atoms with Crippen molar-refractivity contribution in [2.24, 2.45) is 11.8 Å². The largest absolute Gasteiger partial charge is 0.456 e. The molecule has 59 heavy (non-hydrogen) atoms. The molecule has 1 unspecified atom stereocenters. The molecule has 9 rings (SSSR count). The van der Waals surface area contributed by atoms with E-state index in [2.05, 4.69) is 205 Å². The van der Waals surface area contributed by atoms with E-state index in [1.54, 1.807) is 0 Å². The molecule has 0 spiro atoms. The SMILES string of the molecule is CC(C)C1=CCC(N(C2=CC=C(C(C)C)CC2)c2ccc3cc4c(cc3c2)oc2cc3cc(N(c5ccc(C(C)C)cc5)c5ccc(C(C)C)cc5)ccc3cc24)C=C1. The summed E-state index contributed by atoms with van der Waals surface area (Å²) in [4.78, 5) is 4.96. The van der Waals surface area contributed by atoms with Crippen molar-refractivity contribution in [3.05, 3.63) is 168 Å². The lowest BCUT2D eigenvalue weighted by Crippen LogP contribution is -2.34. The van der Waals surface area contributed by atoms with E-state index in [4.69, 9.17) is 4.42 Å². The number of hydrogen-bond donors (Lipinski definition) is 0. The van der Waals surface area contributed by atoms with E-state index in [0.717, 1.165) is 63.6 Å². The zero-order chi connectivity index (χ0) is 40.9. The molecule has 0 saturated heterocycles. The van der Waals surface area contributed by atoms with Crippen LogP contribution in [0, 0.1) is 11.8 Å². The van der Waals surface area contributed by atoms with E-state index in [1.807, 2.05) is 0 Å². The van der Waals surface area contributed by atoms with Gasteiger partial charge in [-0.25, -0.2) is 0 Å². The number of benzene rings is 6. The van der Waals surface area contributed by atoms with Gasteiger partial charge in [0.1, 0.15) is 11.2 Å². The van der Waals surface area contributed by atoms with E-state index in [9.17, 15) is 0 Å². The molecule has 1 heterocycles. The lowest BCUT2D eigenvalue weighted by molar-refractivity contribution is 0.661. The van der Waals surface area contributed by atoms with Crippen LogP contribution in [0.5, 0.6) is 0 Å². The van der Waals surface area contributed by atoms with Gasteiger partial charge in [-0.2, -0.15) is 0 Å². The molecular formula is C56H58N2O. The van der Waals surface area contributed by atoms with Crippen molar-refractivity contribution < 1.29 is 4.42 Å². The van der Waals surface area contributed by atoms with Gasteiger partial charge in [0.15, 0.2) is 0 Å². The first kappa shape index (κ1) is 38.7. The first-order valence-corrected chi connectivity index (χ1v) is 21.9. The summed E-state index contributed by atoms with van der Waals surface area (Å²) in [7, 11) is 0. The van der Waals surface area contributed by atoms with Gasteiger partial charge in [-0.15, -0.1) is 0 Å². The Bertz CT molecular complexity index is 2750. The Morgan fingerprint density at radius 1 is 0.508 bits per heavy atom. The third-order valence-electron chi connectivity index (χ3n) is 12.8. The lowest BCUT2D eigenvalue weighted by Gasteiger charge is -2.37. The third-order valence-corrected chi connectivity index (χ3v) is 12.8. The van der Waals surface area contributed by atoms with E-state index < -0.39 is 0 Å². The number of anilines is 4. The Morgan fingerprint density at radius 2 is 1.05 bits per heavy atom. The van der Waals surface area contributed by atoms with Crippen LogP contribution < -0.4 is 9.80 Å². The predicted molar refractivity (Wildman–Crippen MR) is 255 cm³/mol. The molecule has 6 aromatic carbocycles. The zero-order valence-electron chi connectivity index (χ0n) is 36.1. The van der Waals surface area contributed by atoms with Crippen LogP contribution in [0.15, 0.2) is 161 Å². The van der Waals surface area contributed by atoms with Crippen LogP contribution in [0.25, 0.3) is 43.5 Å². The molecule has 298 valence electrons. The Balaban J connectivity index is 1.10. The molecule has 2 aliphatic rings. The van der Waals surface area contributed by atoms with Crippen LogP contribution in [0.4, 0.5) is 22.7 Å². The van der Waals surface area contributed by atoms with Crippen LogP contribution >= 0.6 is 0 Å². The number of furan rings is 1. The number of hydrogen-bond acceptors (Lipinski definition) is 3. The minimum atomic E-state index is 0.275. The van der Waals surface area contributed by atoms with Crippen LogP contribution in [-0.4, -0.2) is 6.04 Å². The van der Waals surface area contributed by atoms with Gasteiger partial charge < -0.3 is 14.2 Å². The van der Waals surface area contributed by atoms with Crippen molar-refractivity contribution in [3.63, 3.8) is 0 Å². The second kappa shape index (κ2) is 15.8. The lowest BCUT2D eigenvalue weighted by atomic mass is 9.90. The molecule has 0 aliphatic heterocycles. The van der Waals surface area contributed by atoms with Crippen LogP contribution in [-0.2, 0) is 0 Å². The molecule has 0 amide bonds. The first-order valence-electron chi connectivity index (χ1n) is 21.9. The maximum Gasteiger partial charge on any atom is 0.136 e. The highest BCUT2D eigenvalue weighted by atomic mass is 16.3. The van der Waals surface area contributed by atoms with Gasteiger partial charge in [0.05, 0.1) is 6.04 Å². The Hall–Kier alpha value is -5.80. The molecule has 3 nitrogen and oxygen atoms in total. The summed E-state index contributed by atoms with van der Waals surface area (Å²) in [6.45, 7) is 18.2. The van der Waals surface area contributed by atoms with Gasteiger partial charge in [-0.05, 0) is 160 Å². The minimum absolute atomic E-state index is 0.275. The van der Waals surface area contributed by atoms with Gasteiger partial charge in [0, 0.05) is 39.2 Å². The average Bonchev–Trinajstić information content (AvgIpc) is 3.58. The Morgan fingerprint density at radius 3 is 1.53 bits per heavy atom. The third kappa shape index (κ3) is 7.53. The minimum Gasteiger partial charge on any atom is -0.456 e. The highest BCUT2D eigenvalue weighted by molar-refractivity contribution is 6.14. The molecule has 1 atom stereocenters. The highest BCUT2D eigenvalue weighted by Crippen LogP contribution is 2.41. The van der Waals surface area contributed by atoms with E-state index in [-0.39, 0.29) is 6.04 Å². The van der Waals surface area contributed by atoms with Gasteiger partial charge in [-0.3, -0.25) is 0 Å². The molecule has 0 N–H and O–H groups in total. The first-order chi connectivity index (χ1) is 28.5.